The number of nitrogens with two attached hydrogens (primary N) is 1. The minimum Gasteiger partial charge on any atom is -0.385 e. The second-order valence-corrected chi connectivity index (χ2v) is 4.01. The first kappa shape index (κ1) is 13.0. The average molecular weight is 265 g/mol. The number of primary amides is 1. The first-order valence-corrected chi connectivity index (χ1v) is 5.32. The van der Waals surface area contributed by atoms with E-state index in [1.54, 1.807) is 0 Å². The summed E-state index contributed by atoms with van der Waals surface area (Å²) in [6.07, 6.45) is -3.33. The highest BCUT2D eigenvalue weighted by Crippen LogP contribution is 2.19. The number of benzene rings is 1. The molecule has 2 aromatic rings. The average Bonchev–Trinajstić information content (AvgIpc) is 2.36. The molecule has 8 heteroatoms. The molecule has 2 atom stereocenters. The SMILES string of the molecule is NC(=O)C(O)C(O)c1ccc2[nH]c(=O)[nH]c(=O)c2c1. The number of nitrogens with one attached hydrogen (secondary N) is 2. The number of aliphatic hydroxyl groups excluding tert-OH is 2. The van der Waals surface area contributed by atoms with Crippen molar-refractivity contribution in [3.05, 3.63) is 44.6 Å². The maximum absolute atomic E-state index is 11.6. The zero-order valence-electron chi connectivity index (χ0n) is 9.58. The number of aromatic nitrogens is 2. The first-order chi connectivity index (χ1) is 8.90. The summed E-state index contributed by atoms with van der Waals surface area (Å²) in [6, 6.07) is 4.02. The molecule has 1 aromatic heterocycles. The van der Waals surface area contributed by atoms with Crippen LogP contribution in [0.2, 0.25) is 0 Å². The quantitative estimate of drug-likeness (QED) is 0.439. The Kier molecular flexibility index (Phi) is 3.19. The predicted molar refractivity (Wildman–Crippen MR) is 65.4 cm³/mol. The van der Waals surface area contributed by atoms with Gasteiger partial charge in [-0.15, -0.1) is 0 Å². The van der Waals surface area contributed by atoms with Crippen LogP contribution in [0.1, 0.15) is 11.7 Å². The number of hydrogen-bond donors (Lipinski definition) is 5. The molecule has 0 spiro atoms. The molecule has 0 saturated heterocycles. The number of rotatable bonds is 3. The molecule has 1 heterocycles. The van der Waals surface area contributed by atoms with Crippen LogP contribution < -0.4 is 17.0 Å². The Labute approximate surface area is 105 Å². The van der Waals surface area contributed by atoms with Crippen molar-refractivity contribution in [3.8, 4) is 0 Å². The third kappa shape index (κ3) is 2.39. The normalized spacial score (nSPS) is 14.2. The topological polar surface area (TPSA) is 149 Å². The van der Waals surface area contributed by atoms with Crippen LogP contribution in [0.25, 0.3) is 10.9 Å². The zero-order chi connectivity index (χ0) is 14.2. The van der Waals surface area contributed by atoms with Crippen molar-refractivity contribution in [2.75, 3.05) is 0 Å². The minimum absolute atomic E-state index is 0.118. The largest absolute Gasteiger partial charge is 0.385 e. The molecule has 100 valence electrons. The predicted octanol–water partition coefficient (Wildman–Crippen LogP) is -1.90. The van der Waals surface area contributed by atoms with Crippen molar-refractivity contribution >= 4 is 16.8 Å². The molecular weight excluding hydrogens is 254 g/mol. The van der Waals surface area contributed by atoms with Crippen LogP contribution in [0.15, 0.2) is 27.8 Å². The molecule has 19 heavy (non-hydrogen) atoms. The van der Waals surface area contributed by atoms with E-state index in [0.29, 0.717) is 0 Å². The molecule has 0 aliphatic heterocycles. The second-order valence-electron chi connectivity index (χ2n) is 4.01. The Hall–Kier alpha value is -2.45. The Morgan fingerprint density at radius 3 is 2.53 bits per heavy atom. The number of H-pyrrole nitrogens is 2. The highest BCUT2D eigenvalue weighted by molar-refractivity contribution is 5.81. The van der Waals surface area contributed by atoms with E-state index < -0.39 is 29.4 Å². The Balaban J connectivity index is 2.56. The van der Waals surface area contributed by atoms with Gasteiger partial charge in [0, 0.05) is 0 Å². The lowest BCUT2D eigenvalue weighted by Crippen LogP contribution is -2.34. The second kappa shape index (κ2) is 4.67. The first-order valence-electron chi connectivity index (χ1n) is 5.32. The van der Waals surface area contributed by atoms with E-state index in [2.05, 4.69) is 4.98 Å². The monoisotopic (exact) mass is 265 g/mol. The van der Waals surface area contributed by atoms with Gasteiger partial charge in [0.15, 0.2) is 6.10 Å². The molecule has 0 aliphatic carbocycles. The maximum atomic E-state index is 11.6. The van der Waals surface area contributed by atoms with Gasteiger partial charge in [0.05, 0.1) is 10.9 Å². The van der Waals surface area contributed by atoms with Crippen molar-refractivity contribution in [2.24, 2.45) is 5.73 Å². The summed E-state index contributed by atoms with van der Waals surface area (Å²) >= 11 is 0. The molecule has 0 fully saturated rings. The van der Waals surface area contributed by atoms with E-state index >= 15 is 0 Å². The summed E-state index contributed by atoms with van der Waals surface area (Å²) in [5, 5.41) is 19.2. The molecule has 6 N–H and O–H groups in total. The number of carbonyl (C=O) groups is 1. The fourth-order valence-corrected chi connectivity index (χ4v) is 1.70. The molecule has 8 nitrogen and oxygen atoms in total. The van der Waals surface area contributed by atoms with Gasteiger partial charge in [-0.3, -0.25) is 14.6 Å². The molecule has 2 rings (SSSR count). The van der Waals surface area contributed by atoms with Gasteiger partial charge in [-0.25, -0.2) is 4.79 Å². The number of hydrogen-bond acceptors (Lipinski definition) is 5. The third-order valence-corrected chi connectivity index (χ3v) is 2.70. The number of amides is 1. The zero-order valence-corrected chi connectivity index (χ0v) is 9.58. The number of aliphatic hydroxyl groups is 2. The van der Waals surface area contributed by atoms with Gasteiger partial charge in [-0.05, 0) is 17.7 Å². The van der Waals surface area contributed by atoms with Crippen LogP contribution in [0.3, 0.4) is 0 Å². The van der Waals surface area contributed by atoms with Crippen LogP contribution in [0.4, 0.5) is 0 Å². The highest BCUT2D eigenvalue weighted by atomic mass is 16.3. The van der Waals surface area contributed by atoms with Gasteiger partial charge in [0.25, 0.3) is 5.56 Å². The van der Waals surface area contributed by atoms with E-state index in [1.807, 2.05) is 4.98 Å². The van der Waals surface area contributed by atoms with Crippen molar-refractivity contribution < 1.29 is 15.0 Å². The summed E-state index contributed by atoms with van der Waals surface area (Å²) in [6.45, 7) is 0. The van der Waals surface area contributed by atoms with Crippen molar-refractivity contribution in [1.29, 1.82) is 0 Å². The summed E-state index contributed by atoms with van der Waals surface area (Å²) in [7, 11) is 0. The van der Waals surface area contributed by atoms with Crippen molar-refractivity contribution in [1.82, 2.24) is 9.97 Å². The molecular formula is C11H11N3O5. The molecule has 0 aliphatic rings. The Morgan fingerprint density at radius 1 is 1.21 bits per heavy atom. The summed E-state index contributed by atoms with van der Waals surface area (Å²) in [4.78, 5) is 37.8. The molecule has 0 radical (unpaired) electrons. The van der Waals surface area contributed by atoms with E-state index in [0.717, 1.165) is 0 Å². The van der Waals surface area contributed by atoms with Crippen molar-refractivity contribution in [3.63, 3.8) is 0 Å². The van der Waals surface area contributed by atoms with Gasteiger partial charge >= 0.3 is 5.69 Å². The molecule has 0 saturated carbocycles. The number of fused-ring (bicyclic) bond motifs is 1. The molecule has 2 unspecified atom stereocenters. The standard InChI is InChI=1S/C11H11N3O5/c12-9(17)8(16)7(15)4-1-2-6-5(3-4)10(18)14-11(19)13-6/h1-3,7-8,15-16H,(H2,12,17)(H2,13,14,18,19). The van der Waals surface area contributed by atoms with Gasteiger partial charge in [0.2, 0.25) is 5.91 Å². The van der Waals surface area contributed by atoms with Crippen molar-refractivity contribution in [2.45, 2.75) is 12.2 Å². The van der Waals surface area contributed by atoms with Crippen LogP contribution in [-0.4, -0.2) is 32.2 Å². The summed E-state index contributed by atoms with van der Waals surface area (Å²) < 4.78 is 0. The van der Waals surface area contributed by atoms with Crippen LogP contribution >= 0.6 is 0 Å². The fourth-order valence-electron chi connectivity index (χ4n) is 1.70. The van der Waals surface area contributed by atoms with Gasteiger partial charge in [-0.2, -0.15) is 0 Å². The lowest BCUT2D eigenvalue weighted by Gasteiger charge is -2.15. The van der Waals surface area contributed by atoms with E-state index in [-0.39, 0.29) is 16.5 Å². The lowest BCUT2D eigenvalue weighted by atomic mass is 10.0. The highest BCUT2D eigenvalue weighted by Gasteiger charge is 2.23. The Bertz CT molecular complexity index is 748. The van der Waals surface area contributed by atoms with Crippen LogP contribution in [0, 0.1) is 0 Å². The summed E-state index contributed by atoms with van der Waals surface area (Å²) in [5.74, 6) is -1.08. The lowest BCUT2D eigenvalue weighted by molar-refractivity contribution is -0.131. The van der Waals surface area contributed by atoms with Crippen LogP contribution in [-0.2, 0) is 4.79 Å². The van der Waals surface area contributed by atoms with Gasteiger partial charge in [0.1, 0.15) is 6.10 Å². The summed E-state index contributed by atoms with van der Waals surface area (Å²) in [5.41, 5.74) is 4.00. The molecule has 0 bridgehead atoms. The molecule has 1 aromatic carbocycles. The Morgan fingerprint density at radius 2 is 1.89 bits per heavy atom. The number of carbonyl (C=O) groups excluding carboxylic acids is 1. The smallest absolute Gasteiger partial charge is 0.326 e. The fraction of sp³-hybridized carbons (Fsp3) is 0.182. The van der Waals surface area contributed by atoms with Gasteiger partial charge < -0.3 is 20.9 Å². The van der Waals surface area contributed by atoms with Gasteiger partial charge in [-0.1, -0.05) is 6.07 Å². The van der Waals surface area contributed by atoms with E-state index in [4.69, 9.17) is 5.73 Å². The minimum atomic E-state index is -1.78. The number of aromatic amines is 2. The third-order valence-electron chi connectivity index (χ3n) is 2.70. The van der Waals surface area contributed by atoms with Crippen LogP contribution in [0.5, 0.6) is 0 Å². The van der Waals surface area contributed by atoms with E-state index in [1.165, 1.54) is 18.2 Å². The maximum Gasteiger partial charge on any atom is 0.326 e. The molecule has 1 amide bonds. The van der Waals surface area contributed by atoms with E-state index in [9.17, 15) is 24.6 Å².